The fraction of sp³-hybridized carbons (Fsp3) is 0.643. The Morgan fingerprint density at radius 3 is 2.62 bits per heavy atom. The van der Waals surface area contributed by atoms with Crippen molar-refractivity contribution in [3.05, 3.63) is 12.1 Å². The number of anilines is 2. The van der Waals surface area contributed by atoms with E-state index < -0.39 is 0 Å². The Kier molecular flexibility index (Phi) is 4.62. The average molecular weight is 291 g/mol. The van der Waals surface area contributed by atoms with E-state index >= 15 is 0 Å². The molecule has 1 saturated carbocycles. The Balaban J connectivity index is 1.40. The molecule has 1 aromatic heterocycles. The fourth-order valence-electron chi connectivity index (χ4n) is 2.23. The first-order valence-corrected chi connectivity index (χ1v) is 7.50. The molecule has 0 spiro atoms. The van der Waals surface area contributed by atoms with Crippen molar-refractivity contribution in [2.45, 2.75) is 12.8 Å². The molecule has 1 saturated heterocycles. The maximum atomic E-state index is 11.6. The summed E-state index contributed by atoms with van der Waals surface area (Å²) < 4.78 is 5.31. The number of morpholine rings is 1. The summed E-state index contributed by atoms with van der Waals surface area (Å²) in [5.41, 5.74) is 0. The Labute approximate surface area is 124 Å². The van der Waals surface area contributed by atoms with Crippen LogP contribution in [-0.4, -0.2) is 60.4 Å². The first kappa shape index (κ1) is 14.2. The number of carbonyl (C=O) groups is 1. The third-order valence-electron chi connectivity index (χ3n) is 3.70. The molecule has 0 unspecified atom stereocenters. The lowest BCUT2D eigenvalue weighted by molar-refractivity contribution is -0.117. The number of carbonyl (C=O) groups excluding carboxylic acids is 1. The summed E-state index contributed by atoms with van der Waals surface area (Å²) in [5.74, 6) is 1.48. The normalized spacial score (nSPS) is 19.2. The van der Waals surface area contributed by atoms with Crippen LogP contribution >= 0.6 is 0 Å². The van der Waals surface area contributed by atoms with Gasteiger partial charge >= 0.3 is 0 Å². The van der Waals surface area contributed by atoms with Gasteiger partial charge in [-0.05, 0) is 25.0 Å². The SMILES string of the molecule is O=C(Nc1ccc(NCCN2CCOCC2)nn1)C1CC1. The lowest BCUT2D eigenvalue weighted by atomic mass is 10.4. The van der Waals surface area contributed by atoms with E-state index in [1.807, 2.05) is 6.07 Å². The molecule has 1 amide bonds. The molecular weight excluding hydrogens is 270 g/mol. The number of nitrogens with one attached hydrogen (secondary N) is 2. The predicted octanol–water partition coefficient (Wildman–Crippen LogP) is 0.569. The van der Waals surface area contributed by atoms with Crippen LogP contribution in [0.25, 0.3) is 0 Å². The Hall–Kier alpha value is -1.73. The van der Waals surface area contributed by atoms with E-state index in [9.17, 15) is 4.79 Å². The van der Waals surface area contributed by atoms with Gasteiger partial charge in [0.2, 0.25) is 5.91 Å². The van der Waals surface area contributed by atoms with Gasteiger partial charge in [-0.15, -0.1) is 10.2 Å². The third kappa shape index (κ3) is 4.37. The predicted molar refractivity (Wildman–Crippen MR) is 79.1 cm³/mol. The molecule has 3 rings (SSSR count). The van der Waals surface area contributed by atoms with Crippen molar-refractivity contribution in [1.82, 2.24) is 15.1 Å². The highest BCUT2D eigenvalue weighted by Crippen LogP contribution is 2.29. The standard InChI is InChI=1S/C14H21N5O2/c20-14(11-1-2-11)16-13-4-3-12(17-18-13)15-5-6-19-7-9-21-10-8-19/h3-4,11H,1-2,5-10H2,(H,15,17)(H,16,18,20). The molecule has 7 nitrogen and oxygen atoms in total. The Morgan fingerprint density at radius 1 is 1.24 bits per heavy atom. The van der Waals surface area contributed by atoms with Gasteiger partial charge in [0.25, 0.3) is 0 Å². The van der Waals surface area contributed by atoms with Crippen molar-refractivity contribution < 1.29 is 9.53 Å². The van der Waals surface area contributed by atoms with Gasteiger partial charge in [0.1, 0.15) is 5.82 Å². The van der Waals surface area contributed by atoms with E-state index in [0.717, 1.165) is 58.1 Å². The molecule has 2 aliphatic rings. The van der Waals surface area contributed by atoms with Crippen molar-refractivity contribution in [3.63, 3.8) is 0 Å². The number of aromatic nitrogens is 2. The summed E-state index contributed by atoms with van der Waals surface area (Å²) in [6.07, 6.45) is 1.97. The molecule has 2 fully saturated rings. The van der Waals surface area contributed by atoms with Crippen LogP contribution in [0.1, 0.15) is 12.8 Å². The van der Waals surface area contributed by atoms with Gasteiger partial charge in [-0.1, -0.05) is 0 Å². The largest absolute Gasteiger partial charge is 0.379 e. The van der Waals surface area contributed by atoms with E-state index in [0.29, 0.717) is 5.82 Å². The molecule has 0 atom stereocenters. The van der Waals surface area contributed by atoms with Crippen LogP contribution < -0.4 is 10.6 Å². The smallest absolute Gasteiger partial charge is 0.228 e. The minimum absolute atomic E-state index is 0.0531. The summed E-state index contributed by atoms with van der Waals surface area (Å²) in [6.45, 7) is 5.39. The summed E-state index contributed by atoms with van der Waals surface area (Å²) in [7, 11) is 0. The summed E-state index contributed by atoms with van der Waals surface area (Å²) >= 11 is 0. The molecule has 1 aromatic rings. The number of amides is 1. The number of ether oxygens (including phenoxy) is 1. The van der Waals surface area contributed by atoms with Crippen molar-refractivity contribution in [2.75, 3.05) is 50.0 Å². The van der Waals surface area contributed by atoms with Gasteiger partial charge in [0.15, 0.2) is 5.82 Å². The van der Waals surface area contributed by atoms with Crippen LogP contribution in [0, 0.1) is 5.92 Å². The Bertz CT molecular complexity index is 469. The van der Waals surface area contributed by atoms with Gasteiger partial charge in [0.05, 0.1) is 13.2 Å². The lowest BCUT2D eigenvalue weighted by Gasteiger charge is -2.26. The minimum atomic E-state index is 0.0531. The van der Waals surface area contributed by atoms with Crippen LogP contribution in [0.4, 0.5) is 11.6 Å². The highest BCUT2D eigenvalue weighted by Gasteiger charge is 2.29. The molecule has 0 bridgehead atoms. The maximum absolute atomic E-state index is 11.6. The number of hydrogen-bond donors (Lipinski definition) is 2. The molecule has 114 valence electrons. The summed E-state index contributed by atoms with van der Waals surface area (Å²) in [5, 5.41) is 14.1. The van der Waals surface area contributed by atoms with Crippen LogP contribution in [-0.2, 0) is 9.53 Å². The van der Waals surface area contributed by atoms with Gasteiger partial charge in [-0.3, -0.25) is 9.69 Å². The summed E-state index contributed by atoms with van der Waals surface area (Å²) in [6, 6.07) is 3.62. The number of nitrogens with zero attached hydrogens (tertiary/aromatic N) is 3. The monoisotopic (exact) mass is 291 g/mol. The van der Waals surface area contributed by atoms with Gasteiger partial charge in [0, 0.05) is 32.1 Å². The van der Waals surface area contributed by atoms with E-state index in [4.69, 9.17) is 4.74 Å². The second kappa shape index (κ2) is 6.82. The zero-order valence-corrected chi connectivity index (χ0v) is 12.0. The quantitative estimate of drug-likeness (QED) is 0.797. The van der Waals surface area contributed by atoms with Crippen molar-refractivity contribution in [3.8, 4) is 0 Å². The van der Waals surface area contributed by atoms with Crippen LogP contribution in [0.2, 0.25) is 0 Å². The van der Waals surface area contributed by atoms with E-state index in [1.165, 1.54) is 0 Å². The van der Waals surface area contributed by atoms with Crippen LogP contribution in [0.15, 0.2) is 12.1 Å². The zero-order valence-electron chi connectivity index (χ0n) is 12.0. The maximum Gasteiger partial charge on any atom is 0.228 e. The molecule has 7 heteroatoms. The highest BCUT2D eigenvalue weighted by atomic mass is 16.5. The van der Waals surface area contributed by atoms with E-state index in [2.05, 4.69) is 25.7 Å². The number of hydrogen-bond acceptors (Lipinski definition) is 6. The first-order chi connectivity index (χ1) is 10.3. The minimum Gasteiger partial charge on any atom is -0.379 e. The van der Waals surface area contributed by atoms with Crippen molar-refractivity contribution >= 4 is 17.5 Å². The van der Waals surface area contributed by atoms with Gasteiger partial charge in [-0.2, -0.15) is 0 Å². The molecule has 1 aliphatic heterocycles. The highest BCUT2D eigenvalue weighted by molar-refractivity contribution is 5.93. The molecule has 2 heterocycles. The first-order valence-electron chi connectivity index (χ1n) is 7.50. The van der Waals surface area contributed by atoms with Crippen molar-refractivity contribution in [1.29, 1.82) is 0 Å². The molecule has 0 radical (unpaired) electrons. The Morgan fingerprint density at radius 2 is 1.95 bits per heavy atom. The van der Waals surface area contributed by atoms with E-state index in [-0.39, 0.29) is 11.8 Å². The van der Waals surface area contributed by atoms with E-state index in [1.54, 1.807) is 6.07 Å². The lowest BCUT2D eigenvalue weighted by Crippen LogP contribution is -2.39. The zero-order chi connectivity index (χ0) is 14.5. The van der Waals surface area contributed by atoms with Crippen LogP contribution in [0.3, 0.4) is 0 Å². The van der Waals surface area contributed by atoms with Gasteiger partial charge < -0.3 is 15.4 Å². The fourth-order valence-corrected chi connectivity index (χ4v) is 2.23. The molecular formula is C14H21N5O2. The summed E-state index contributed by atoms with van der Waals surface area (Å²) in [4.78, 5) is 14.0. The topological polar surface area (TPSA) is 79.4 Å². The molecule has 1 aliphatic carbocycles. The molecule has 0 aromatic carbocycles. The third-order valence-corrected chi connectivity index (χ3v) is 3.70. The second-order valence-electron chi connectivity index (χ2n) is 5.45. The average Bonchev–Trinajstić information content (AvgIpc) is 3.35. The van der Waals surface area contributed by atoms with Gasteiger partial charge in [-0.25, -0.2) is 0 Å². The van der Waals surface area contributed by atoms with Crippen molar-refractivity contribution in [2.24, 2.45) is 5.92 Å². The molecule has 21 heavy (non-hydrogen) atoms. The number of rotatable bonds is 6. The molecule has 2 N–H and O–H groups in total. The van der Waals surface area contributed by atoms with Crippen LogP contribution in [0.5, 0.6) is 0 Å². The second-order valence-corrected chi connectivity index (χ2v) is 5.45.